The highest BCUT2D eigenvalue weighted by Gasteiger charge is 2.26. The molecule has 0 rings (SSSR count). The number of carbonyl (C=O) groups is 1. The summed E-state index contributed by atoms with van der Waals surface area (Å²) in [6.07, 6.45) is 25.2. The minimum atomic E-state index is -4.32. The largest absolute Gasteiger partial charge is 0.472 e. The van der Waals surface area contributed by atoms with Crippen LogP contribution in [0.4, 0.5) is 0 Å². The van der Waals surface area contributed by atoms with E-state index in [1.54, 1.807) is 6.08 Å². The van der Waals surface area contributed by atoms with Crippen molar-refractivity contribution in [3.05, 3.63) is 24.3 Å². The van der Waals surface area contributed by atoms with Gasteiger partial charge < -0.3 is 21.1 Å². The van der Waals surface area contributed by atoms with Crippen LogP contribution in [0.5, 0.6) is 0 Å². The number of phosphoric acid groups is 1. The number of unbranched alkanes of at least 4 members (excludes halogenated alkanes) is 13. The van der Waals surface area contributed by atoms with Crippen molar-refractivity contribution < 1.29 is 28.4 Å². The minimum Gasteiger partial charge on any atom is -0.387 e. The Hall–Kier alpha value is -1.02. The molecule has 0 aliphatic carbocycles. The van der Waals surface area contributed by atoms with Crippen molar-refractivity contribution in [2.45, 2.75) is 135 Å². The Kier molecular flexibility index (Phi) is 25.5. The van der Waals surface area contributed by atoms with Crippen LogP contribution in [0.3, 0.4) is 0 Å². The molecule has 1 amide bonds. The predicted molar refractivity (Wildman–Crippen MR) is 157 cm³/mol. The van der Waals surface area contributed by atoms with Crippen LogP contribution in [-0.2, 0) is 18.4 Å². The lowest BCUT2D eigenvalue weighted by Crippen LogP contribution is -2.45. The van der Waals surface area contributed by atoms with Gasteiger partial charge in [0.25, 0.3) is 0 Å². The second kappa shape index (κ2) is 26.2. The summed E-state index contributed by atoms with van der Waals surface area (Å²) in [7, 11) is -4.32. The predicted octanol–water partition coefficient (Wildman–Crippen LogP) is 6.71. The number of carbonyl (C=O) groups excluding carboxylic acids is 1. The molecule has 0 aromatic heterocycles. The van der Waals surface area contributed by atoms with E-state index in [4.69, 9.17) is 14.8 Å². The highest BCUT2D eigenvalue weighted by molar-refractivity contribution is 7.47. The Morgan fingerprint density at radius 2 is 1.39 bits per heavy atom. The molecular formula is C29H57N2O6P. The van der Waals surface area contributed by atoms with Crippen molar-refractivity contribution in [2.24, 2.45) is 5.73 Å². The molecule has 0 aliphatic heterocycles. The van der Waals surface area contributed by atoms with Gasteiger partial charge in [-0.3, -0.25) is 13.8 Å². The first kappa shape index (κ1) is 37.0. The van der Waals surface area contributed by atoms with E-state index >= 15 is 0 Å². The molecule has 0 saturated heterocycles. The number of aliphatic hydroxyl groups excluding tert-OH is 1. The lowest BCUT2D eigenvalue weighted by Gasteiger charge is -2.23. The van der Waals surface area contributed by atoms with Crippen molar-refractivity contribution in [1.82, 2.24) is 5.32 Å². The zero-order chi connectivity index (χ0) is 28.3. The molecule has 0 fully saturated rings. The van der Waals surface area contributed by atoms with E-state index in [0.29, 0.717) is 6.42 Å². The molecular weight excluding hydrogens is 503 g/mol. The van der Waals surface area contributed by atoms with Gasteiger partial charge in [-0.2, -0.15) is 0 Å². The molecule has 0 saturated carbocycles. The lowest BCUT2D eigenvalue weighted by molar-refractivity contribution is -0.123. The van der Waals surface area contributed by atoms with E-state index in [9.17, 15) is 19.4 Å². The van der Waals surface area contributed by atoms with E-state index in [2.05, 4.69) is 31.3 Å². The zero-order valence-electron chi connectivity index (χ0n) is 24.2. The smallest absolute Gasteiger partial charge is 0.387 e. The molecule has 3 unspecified atom stereocenters. The fourth-order valence-electron chi connectivity index (χ4n) is 3.97. The monoisotopic (exact) mass is 560 g/mol. The van der Waals surface area contributed by atoms with Crippen LogP contribution in [0.15, 0.2) is 24.3 Å². The minimum absolute atomic E-state index is 0.0748. The van der Waals surface area contributed by atoms with Gasteiger partial charge in [0.2, 0.25) is 5.91 Å². The van der Waals surface area contributed by atoms with Gasteiger partial charge >= 0.3 is 7.82 Å². The van der Waals surface area contributed by atoms with E-state index in [0.717, 1.165) is 38.5 Å². The maximum Gasteiger partial charge on any atom is 0.472 e. The Morgan fingerprint density at radius 3 is 2.03 bits per heavy atom. The van der Waals surface area contributed by atoms with Crippen molar-refractivity contribution in [2.75, 3.05) is 19.8 Å². The Bertz CT molecular complexity index is 659. The van der Waals surface area contributed by atoms with Gasteiger partial charge in [0.1, 0.15) is 0 Å². The molecule has 8 nitrogen and oxygen atoms in total. The van der Waals surface area contributed by atoms with Crippen LogP contribution >= 0.6 is 7.82 Å². The van der Waals surface area contributed by atoms with E-state index < -0.39 is 20.0 Å². The number of amides is 1. The van der Waals surface area contributed by atoms with Crippen molar-refractivity contribution in [1.29, 1.82) is 0 Å². The second-order valence-electron chi connectivity index (χ2n) is 9.96. The van der Waals surface area contributed by atoms with Crippen LogP contribution in [-0.4, -0.2) is 47.8 Å². The maximum absolute atomic E-state index is 12.5. The SMILES string of the molecule is CCCCCC/C=C/CC/C=C/C(O)C(COP(=O)(O)OCCN)NC(=O)CCCCCCCCCCC. The fraction of sp³-hybridized carbons (Fsp3) is 0.828. The Labute approximate surface area is 232 Å². The Morgan fingerprint density at radius 1 is 0.842 bits per heavy atom. The molecule has 0 aromatic carbocycles. The van der Waals surface area contributed by atoms with E-state index in [1.165, 1.54) is 64.2 Å². The van der Waals surface area contributed by atoms with Crippen LogP contribution in [0.25, 0.3) is 0 Å². The van der Waals surface area contributed by atoms with Gasteiger partial charge in [-0.25, -0.2) is 4.57 Å². The van der Waals surface area contributed by atoms with Gasteiger partial charge in [0.05, 0.1) is 25.4 Å². The number of nitrogens with one attached hydrogen (secondary N) is 1. The molecule has 3 atom stereocenters. The topological polar surface area (TPSA) is 131 Å². The van der Waals surface area contributed by atoms with Gasteiger partial charge in [0, 0.05) is 13.0 Å². The molecule has 0 heterocycles. The third-order valence-corrected chi connectivity index (χ3v) is 7.26. The third kappa shape index (κ3) is 24.1. The third-order valence-electron chi connectivity index (χ3n) is 6.28. The molecule has 38 heavy (non-hydrogen) atoms. The summed E-state index contributed by atoms with van der Waals surface area (Å²) in [6, 6.07) is -0.867. The van der Waals surface area contributed by atoms with Gasteiger partial charge in [-0.05, 0) is 32.1 Å². The van der Waals surface area contributed by atoms with Crippen LogP contribution in [0, 0.1) is 0 Å². The molecule has 224 valence electrons. The molecule has 0 bridgehead atoms. The normalized spacial score (nSPS) is 15.2. The average molecular weight is 561 g/mol. The van der Waals surface area contributed by atoms with Gasteiger partial charge in [-0.15, -0.1) is 0 Å². The van der Waals surface area contributed by atoms with Crippen molar-refractivity contribution in [3.63, 3.8) is 0 Å². The van der Waals surface area contributed by atoms with E-state index in [1.807, 2.05) is 6.08 Å². The van der Waals surface area contributed by atoms with Gasteiger partial charge in [0.15, 0.2) is 0 Å². The summed E-state index contributed by atoms with van der Waals surface area (Å²) in [4.78, 5) is 22.3. The van der Waals surface area contributed by atoms with Crippen molar-refractivity contribution >= 4 is 13.7 Å². The average Bonchev–Trinajstić information content (AvgIpc) is 2.89. The summed E-state index contributed by atoms with van der Waals surface area (Å²) in [6.45, 7) is 4.01. The summed E-state index contributed by atoms with van der Waals surface area (Å²) in [5.74, 6) is -0.212. The number of nitrogens with two attached hydrogens (primary N) is 1. The molecule has 0 aromatic rings. The lowest BCUT2D eigenvalue weighted by atomic mass is 10.1. The summed E-state index contributed by atoms with van der Waals surface area (Å²) < 4.78 is 21.8. The molecule has 5 N–H and O–H groups in total. The van der Waals surface area contributed by atoms with Crippen LogP contribution < -0.4 is 11.1 Å². The van der Waals surface area contributed by atoms with Crippen molar-refractivity contribution in [3.8, 4) is 0 Å². The molecule has 0 aliphatic rings. The number of hydrogen-bond acceptors (Lipinski definition) is 6. The fourth-order valence-corrected chi connectivity index (χ4v) is 4.73. The van der Waals surface area contributed by atoms with Crippen LogP contribution in [0.2, 0.25) is 0 Å². The molecule has 0 radical (unpaired) electrons. The second-order valence-corrected chi connectivity index (χ2v) is 11.4. The van der Waals surface area contributed by atoms with Gasteiger partial charge in [-0.1, -0.05) is 109 Å². The quantitative estimate of drug-likeness (QED) is 0.0499. The summed E-state index contributed by atoms with van der Waals surface area (Å²) in [5, 5.41) is 13.4. The van der Waals surface area contributed by atoms with Crippen LogP contribution in [0.1, 0.15) is 123 Å². The zero-order valence-corrected chi connectivity index (χ0v) is 25.1. The first-order chi connectivity index (χ1) is 18.4. The first-order valence-electron chi connectivity index (χ1n) is 15.0. The summed E-state index contributed by atoms with van der Waals surface area (Å²) >= 11 is 0. The Balaban J connectivity index is 4.55. The first-order valence-corrected chi connectivity index (χ1v) is 16.5. The number of hydrogen-bond donors (Lipinski definition) is 4. The maximum atomic E-state index is 12.5. The number of aliphatic hydroxyl groups is 1. The number of rotatable bonds is 27. The number of allylic oxidation sites excluding steroid dienone is 3. The summed E-state index contributed by atoms with van der Waals surface area (Å²) in [5.41, 5.74) is 5.31. The standard InChI is InChI=1S/C29H57N2O6P/c1-3-5-7-9-11-13-15-16-18-20-22-28(32)27(26-37-38(34,35)36-25-24-30)31-29(33)23-21-19-17-14-12-10-8-6-4-2/h13,15,20,22,27-28,32H,3-12,14,16-19,21,23-26,30H2,1-2H3,(H,31,33)(H,34,35)/b15-13+,22-20+. The molecule has 0 spiro atoms. The highest BCUT2D eigenvalue weighted by atomic mass is 31.2. The highest BCUT2D eigenvalue weighted by Crippen LogP contribution is 2.43. The number of phosphoric ester groups is 1. The van der Waals surface area contributed by atoms with E-state index in [-0.39, 0.29) is 25.7 Å². The molecule has 9 heteroatoms.